The number of rotatable bonds is 5. The van der Waals surface area contributed by atoms with E-state index in [2.05, 4.69) is 10.0 Å². The van der Waals surface area contributed by atoms with Crippen molar-refractivity contribution >= 4 is 16.1 Å². The van der Waals surface area contributed by atoms with E-state index in [4.69, 9.17) is 0 Å². The molecule has 0 fully saturated rings. The summed E-state index contributed by atoms with van der Waals surface area (Å²) in [4.78, 5) is 12.9. The Balaban J connectivity index is 4.24. The van der Waals surface area contributed by atoms with E-state index in [0.717, 1.165) is 6.26 Å². The first-order chi connectivity index (χ1) is 7.07. The summed E-state index contributed by atoms with van der Waals surface area (Å²) in [6, 6.07) is -0.217. The quantitative estimate of drug-likeness (QED) is 0.720. The van der Waals surface area contributed by atoms with Crippen LogP contribution >= 0.6 is 0 Å². The third-order valence-corrected chi connectivity index (χ3v) is 2.89. The van der Waals surface area contributed by atoms with Gasteiger partial charge >= 0.3 is 6.03 Å². The summed E-state index contributed by atoms with van der Waals surface area (Å²) in [7, 11) is -1.60. The molecule has 0 aromatic heterocycles. The molecule has 16 heavy (non-hydrogen) atoms. The summed E-state index contributed by atoms with van der Waals surface area (Å²) in [6.45, 7) is 6.12. The SMILES string of the molecule is CCN(C)C(=O)NCC(C)(C)NS(C)(=O)=O. The highest BCUT2D eigenvalue weighted by atomic mass is 32.2. The Kier molecular flexibility index (Phi) is 5.21. The Bertz CT molecular complexity index is 338. The Hall–Kier alpha value is -0.820. The van der Waals surface area contributed by atoms with E-state index in [0.29, 0.717) is 6.54 Å². The summed E-state index contributed by atoms with van der Waals surface area (Å²) >= 11 is 0. The van der Waals surface area contributed by atoms with Gasteiger partial charge in [0.1, 0.15) is 0 Å². The van der Waals surface area contributed by atoms with Gasteiger partial charge in [0.25, 0.3) is 0 Å². The molecular weight excluding hydrogens is 230 g/mol. The molecule has 0 rings (SSSR count). The Morgan fingerprint density at radius 1 is 1.38 bits per heavy atom. The van der Waals surface area contributed by atoms with Crippen LogP contribution in [-0.4, -0.2) is 51.3 Å². The molecule has 7 heteroatoms. The summed E-state index contributed by atoms with van der Waals surface area (Å²) < 4.78 is 24.5. The maximum absolute atomic E-state index is 11.4. The standard InChI is InChI=1S/C9H21N3O3S/c1-6-12(4)8(13)10-7-9(2,3)11-16(5,14)15/h11H,6-7H2,1-5H3,(H,10,13). The number of amides is 2. The fourth-order valence-corrected chi connectivity index (χ4v) is 2.19. The molecule has 0 heterocycles. The number of hydrogen-bond donors (Lipinski definition) is 2. The van der Waals surface area contributed by atoms with Crippen LogP contribution in [0.1, 0.15) is 20.8 Å². The first-order valence-corrected chi connectivity index (χ1v) is 6.94. The maximum atomic E-state index is 11.4. The molecule has 96 valence electrons. The summed E-state index contributed by atoms with van der Waals surface area (Å²) in [5.41, 5.74) is -0.697. The summed E-state index contributed by atoms with van der Waals surface area (Å²) in [6.07, 6.45) is 1.09. The monoisotopic (exact) mass is 251 g/mol. The van der Waals surface area contributed by atoms with Crippen LogP contribution in [-0.2, 0) is 10.0 Å². The lowest BCUT2D eigenvalue weighted by molar-refractivity contribution is 0.208. The van der Waals surface area contributed by atoms with E-state index in [1.165, 1.54) is 4.90 Å². The normalized spacial score (nSPS) is 12.3. The molecule has 0 bridgehead atoms. The summed E-state index contributed by atoms with van der Waals surface area (Å²) in [5.74, 6) is 0. The van der Waals surface area contributed by atoms with E-state index < -0.39 is 15.6 Å². The van der Waals surface area contributed by atoms with Crippen LogP contribution in [0.25, 0.3) is 0 Å². The van der Waals surface area contributed by atoms with E-state index >= 15 is 0 Å². The Morgan fingerprint density at radius 3 is 2.25 bits per heavy atom. The molecule has 6 nitrogen and oxygen atoms in total. The van der Waals surface area contributed by atoms with Crippen molar-refractivity contribution in [2.24, 2.45) is 0 Å². The van der Waals surface area contributed by atoms with Crippen LogP contribution in [0.4, 0.5) is 4.79 Å². The fraction of sp³-hybridized carbons (Fsp3) is 0.889. The van der Waals surface area contributed by atoms with Gasteiger partial charge in [-0.25, -0.2) is 17.9 Å². The van der Waals surface area contributed by atoms with Crippen LogP contribution in [0.5, 0.6) is 0 Å². The van der Waals surface area contributed by atoms with Crippen LogP contribution in [0.15, 0.2) is 0 Å². The lowest BCUT2D eigenvalue weighted by Crippen LogP contribution is -2.52. The molecule has 0 saturated heterocycles. The smallest absolute Gasteiger partial charge is 0.317 e. The van der Waals surface area contributed by atoms with Crippen molar-refractivity contribution < 1.29 is 13.2 Å². The second-order valence-corrected chi connectivity index (χ2v) is 6.18. The van der Waals surface area contributed by atoms with Gasteiger partial charge in [0.05, 0.1) is 6.26 Å². The molecule has 0 radical (unpaired) electrons. The molecule has 0 spiro atoms. The van der Waals surface area contributed by atoms with Gasteiger partial charge in [-0.2, -0.15) is 0 Å². The predicted molar refractivity (Wildman–Crippen MR) is 63.8 cm³/mol. The van der Waals surface area contributed by atoms with E-state index in [-0.39, 0.29) is 12.6 Å². The van der Waals surface area contributed by atoms with Crippen molar-refractivity contribution in [3.8, 4) is 0 Å². The molecule has 0 saturated carbocycles. The summed E-state index contributed by atoms with van der Waals surface area (Å²) in [5, 5.41) is 2.66. The van der Waals surface area contributed by atoms with Crippen molar-refractivity contribution in [3.63, 3.8) is 0 Å². The zero-order valence-corrected chi connectivity index (χ0v) is 11.3. The van der Waals surface area contributed by atoms with Gasteiger partial charge in [-0.1, -0.05) is 0 Å². The molecule has 0 aromatic carbocycles. The van der Waals surface area contributed by atoms with Gasteiger partial charge in [-0.3, -0.25) is 0 Å². The van der Waals surface area contributed by atoms with Crippen molar-refractivity contribution in [2.75, 3.05) is 26.4 Å². The Labute approximate surface area is 97.4 Å². The molecule has 0 unspecified atom stereocenters. The third-order valence-electron chi connectivity index (χ3n) is 1.96. The second-order valence-electron chi connectivity index (χ2n) is 4.43. The third kappa shape index (κ3) is 6.62. The molecule has 0 atom stereocenters. The number of nitrogens with zero attached hydrogens (tertiary/aromatic N) is 1. The largest absolute Gasteiger partial charge is 0.336 e. The lowest BCUT2D eigenvalue weighted by atomic mass is 10.1. The maximum Gasteiger partial charge on any atom is 0.317 e. The number of carbonyl (C=O) groups excluding carboxylic acids is 1. The zero-order valence-electron chi connectivity index (χ0n) is 10.5. The zero-order chi connectivity index (χ0) is 13.0. The number of hydrogen-bond acceptors (Lipinski definition) is 3. The van der Waals surface area contributed by atoms with Gasteiger partial charge < -0.3 is 10.2 Å². The molecule has 0 aliphatic heterocycles. The number of carbonyl (C=O) groups is 1. The van der Waals surface area contributed by atoms with Crippen molar-refractivity contribution in [1.29, 1.82) is 0 Å². The molecule has 0 aromatic rings. The molecular formula is C9H21N3O3S. The highest BCUT2D eigenvalue weighted by Crippen LogP contribution is 2.02. The van der Waals surface area contributed by atoms with Gasteiger partial charge in [0, 0.05) is 25.7 Å². The Morgan fingerprint density at radius 2 is 1.88 bits per heavy atom. The highest BCUT2D eigenvalue weighted by Gasteiger charge is 2.23. The molecule has 0 aliphatic rings. The van der Waals surface area contributed by atoms with Gasteiger partial charge in [-0.05, 0) is 20.8 Å². The number of urea groups is 1. The number of sulfonamides is 1. The fourth-order valence-electron chi connectivity index (χ4n) is 1.11. The number of nitrogens with one attached hydrogen (secondary N) is 2. The van der Waals surface area contributed by atoms with Crippen molar-refractivity contribution in [2.45, 2.75) is 26.3 Å². The minimum Gasteiger partial charge on any atom is -0.336 e. The van der Waals surface area contributed by atoms with Gasteiger partial charge in [0.15, 0.2) is 0 Å². The predicted octanol–water partition coefficient (Wildman–Crippen LogP) is -0.0245. The highest BCUT2D eigenvalue weighted by molar-refractivity contribution is 7.88. The van der Waals surface area contributed by atoms with E-state index in [1.54, 1.807) is 20.9 Å². The topological polar surface area (TPSA) is 78.5 Å². The van der Waals surface area contributed by atoms with E-state index in [1.807, 2.05) is 6.92 Å². The molecule has 2 N–H and O–H groups in total. The first-order valence-electron chi connectivity index (χ1n) is 5.05. The van der Waals surface area contributed by atoms with Gasteiger partial charge in [0.2, 0.25) is 10.0 Å². The first kappa shape index (κ1) is 15.2. The molecule has 2 amide bonds. The van der Waals surface area contributed by atoms with Crippen molar-refractivity contribution in [3.05, 3.63) is 0 Å². The molecule has 0 aliphatic carbocycles. The minimum absolute atomic E-state index is 0.217. The van der Waals surface area contributed by atoms with Crippen molar-refractivity contribution in [1.82, 2.24) is 14.9 Å². The van der Waals surface area contributed by atoms with Crippen LogP contribution in [0.3, 0.4) is 0 Å². The van der Waals surface area contributed by atoms with Crippen LogP contribution < -0.4 is 10.0 Å². The average molecular weight is 251 g/mol. The lowest BCUT2D eigenvalue weighted by Gasteiger charge is -2.26. The van der Waals surface area contributed by atoms with Crippen LogP contribution in [0, 0.1) is 0 Å². The average Bonchev–Trinajstić information content (AvgIpc) is 2.09. The second kappa shape index (κ2) is 5.49. The van der Waals surface area contributed by atoms with E-state index in [9.17, 15) is 13.2 Å². The van der Waals surface area contributed by atoms with Crippen LogP contribution in [0.2, 0.25) is 0 Å². The van der Waals surface area contributed by atoms with Gasteiger partial charge in [-0.15, -0.1) is 0 Å². The minimum atomic E-state index is -3.27.